The van der Waals surface area contributed by atoms with Gasteiger partial charge in [-0.15, -0.1) is 0 Å². The van der Waals surface area contributed by atoms with Gasteiger partial charge in [0.25, 0.3) is 5.91 Å². The third-order valence-corrected chi connectivity index (χ3v) is 7.45. The maximum absolute atomic E-state index is 14.8. The number of carbonyl (C=O) groups is 2. The summed E-state index contributed by atoms with van der Waals surface area (Å²) >= 11 is 0. The number of nitrogens with zero attached hydrogens (tertiary/aromatic N) is 2. The molecule has 34 heavy (non-hydrogen) atoms. The molecular weight excluding hydrogens is 463 g/mol. The van der Waals surface area contributed by atoms with Crippen molar-refractivity contribution in [2.45, 2.75) is 52.2 Å². The maximum atomic E-state index is 14.8. The number of hydrogen-bond acceptors (Lipinski definition) is 6. The van der Waals surface area contributed by atoms with Crippen LogP contribution in [0.5, 0.6) is 0 Å². The third kappa shape index (κ3) is 6.00. The van der Waals surface area contributed by atoms with Crippen LogP contribution in [-0.2, 0) is 22.1 Å². The fraction of sp³-hybridized carbons (Fsp3) is 0.609. The van der Waals surface area contributed by atoms with Gasteiger partial charge in [0.05, 0.1) is 19.3 Å². The fourth-order valence-electron chi connectivity index (χ4n) is 4.07. The Hall–Kier alpha value is -2.37. The van der Waals surface area contributed by atoms with Crippen LogP contribution in [0.3, 0.4) is 0 Å². The summed E-state index contributed by atoms with van der Waals surface area (Å²) in [7, 11) is -0.816. The Bertz CT molecular complexity index is 1050. The zero-order chi connectivity index (χ0) is 25.0. The molecule has 1 aliphatic heterocycles. The van der Waals surface area contributed by atoms with Crippen LogP contribution >= 0.6 is 0 Å². The number of aromatic nitrogens is 2. The molecular formula is C23H33FN4O5S. The Morgan fingerprint density at radius 2 is 1.85 bits per heavy atom. The number of halogens is 1. The van der Waals surface area contributed by atoms with Crippen molar-refractivity contribution in [1.82, 2.24) is 20.4 Å². The van der Waals surface area contributed by atoms with E-state index >= 15 is 0 Å². The minimum atomic E-state index is -0.998. The average Bonchev–Trinajstić information content (AvgIpc) is 3.16. The Kier molecular flexibility index (Phi) is 8.43. The molecule has 2 heterocycles. The number of rotatable bonds is 8. The highest BCUT2D eigenvalue weighted by atomic mass is 32.2. The van der Waals surface area contributed by atoms with Crippen molar-refractivity contribution < 1.29 is 28.4 Å². The largest absolute Gasteiger partial charge is 0.394 e. The first-order valence-corrected chi connectivity index (χ1v) is 12.9. The van der Waals surface area contributed by atoms with Gasteiger partial charge in [-0.2, -0.15) is 5.10 Å². The van der Waals surface area contributed by atoms with Crippen LogP contribution in [0.4, 0.5) is 4.39 Å². The first-order chi connectivity index (χ1) is 16.0. The Labute approximate surface area is 200 Å². The van der Waals surface area contributed by atoms with E-state index in [2.05, 4.69) is 15.7 Å². The summed E-state index contributed by atoms with van der Waals surface area (Å²) in [5, 5.41) is 28.6. The average molecular weight is 497 g/mol. The number of aliphatic hydroxyl groups is 2. The monoisotopic (exact) mass is 496 g/mol. The molecule has 0 bridgehead atoms. The number of fused-ring (bicyclic) bond motifs is 1. The van der Waals surface area contributed by atoms with Gasteiger partial charge in [0, 0.05) is 34.2 Å². The highest BCUT2D eigenvalue weighted by Gasteiger charge is 2.35. The van der Waals surface area contributed by atoms with Crippen LogP contribution in [-0.4, -0.2) is 72.8 Å². The van der Waals surface area contributed by atoms with Gasteiger partial charge in [-0.25, -0.2) is 4.39 Å². The Balaban J connectivity index is 1.89. The number of para-hydroxylation sites is 1. The Morgan fingerprint density at radius 3 is 2.44 bits per heavy atom. The van der Waals surface area contributed by atoms with Crippen molar-refractivity contribution in [3.63, 3.8) is 0 Å². The molecule has 1 aromatic heterocycles. The zero-order valence-corrected chi connectivity index (χ0v) is 20.5. The molecule has 11 heteroatoms. The van der Waals surface area contributed by atoms with Crippen molar-refractivity contribution in [2.24, 2.45) is 11.3 Å². The summed E-state index contributed by atoms with van der Waals surface area (Å²) in [5.41, 5.74) is -0.468. The van der Waals surface area contributed by atoms with E-state index in [1.54, 1.807) is 26.8 Å². The van der Waals surface area contributed by atoms with Gasteiger partial charge >= 0.3 is 0 Å². The van der Waals surface area contributed by atoms with E-state index in [9.17, 15) is 28.4 Å². The second-order valence-corrected chi connectivity index (χ2v) is 11.5. The van der Waals surface area contributed by atoms with Gasteiger partial charge in [-0.3, -0.25) is 18.5 Å². The van der Waals surface area contributed by atoms with Crippen LogP contribution in [0.1, 0.15) is 44.1 Å². The van der Waals surface area contributed by atoms with Crippen molar-refractivity contribution in [3.8, 4) is 0 Å². The van der Waals surface area contributed by atoms with Crippen molar-refractivity contribution in [3.05, 3.63) is 29.7 Å². The predicted octanol–water partition coefficient (Wildman–Crippen LogP) is 0.948. The highest BCUT2D eigenvalue weighted by molar-refractivity contribution is 7.85. The summed E-state index contributed by atoms with van der Waals surface area (Å²) in [6.45, 7) is 4.82. The van der Waals surface area contributed by atoms with Crippen LogP contribution < -0.4 is 10.6 Å². The molecule has 1 saturated heterocycles. The second kappa shape index (κ2) is 10.9. The molecule has 3 rings (SSSR count). The van der Waals surface area contributed by atoms with E-state index in [0.29, 0.717) is 23.4 Å². The topological polar surface area (TPSA) is 134 Å². The van der Waals surface area contributed by atoms with Crippen LogP contribution in [0.2, 0.25) is 0 Å². The molecule has 4 N–H and O–H groups in total. The third-order valence-electron chi connectivity index (χ3n) is 6.07. The normalized spacial score (nSPS) is 19.9. The van der Waals surface area contributed by atoms with Gasteiger partial charge in [0.1, 0.15) is 17.4 Å². The molecule has 9 nitrogen and oxygen atoms in total. The lowest BCUT2D eigenvalue weighted by atomic mass is 9.85. The van der Waals surface area contributed by atoms with Gasteiger partial charge in [0.2, 0.25) is 5.91 Å². The van der Waals surface area contributed by atoms with E-state index in [0.717, 1.165) is 12.8 Å². The predicted molar refractivity (Wildman–Crippen MR) is 127 cm³/mol. The van der Waals surface area contributed by atoms with Gasteiger partial charge < -0.3 is 20.8 Å². The zero-order valence-electron chi connectivity index (χ0n) is 19.7. The van der Waals surface area contributed by atoms with E-state index in [4.69, 9.17) is 0 Å². The second-order valence-electron chi connectivity index (χ2n) is 9.80. The number of carbonyl (C=O) groups excluding carboxylic acids is 2. The molecule has 2 amide bonds. The van der Waals surface area contributed by atoms with Crippen molar-refractivity contribution >= 4 is 33.5 Å². The lowest BCUT2D eigenvalue weighted by molar-refractivity contribution is -0.126. The number of nitrogens with one attached hydrogen (secondary N) is 2. The summed E-state index contributed by atoms with van der Waals surface area (Å²) in [5.74, 6) is -0.298. The first-order valence-electron chi connectivity index (χ1n) is 11.4. The molecule has 1 aromatic carbocycles. The van der Waals surface area contributed by atoms with Crippen LogP contribution in [0.15, 0.2) is 18.2 Å². The summed E-state index contributed by atoms with van der Waals surface area (Å²) < 4.78 is 28.0. The minimum Gasteiger partial charge on any atom is -0.394 e. The summed E-state index contributed by atoms with van der Waals surface area (Å²) in [6.07, 6.45) is 1.49. The minimum absolute atomic E-state index is 0.0109. The molecule has 188 valence electrons. The summed E-state index contributed by atoms with van der Waals surface area (Å²) in [6, 6.07) is 2.58. The summed E-state index contributed by atoms with van der Waals surface area (Å²) in [4.78, 5) is 26.1. The number of aliphatic hydroxyl groups excluding tert-OH is 2. The van der Waals surface area contributed by atoms with Crippen LogP contribution in [0.25, 0.3) is 10.9 Å². The maximum Gasteiger partial charge on any atom is 0.273 e. The van der Waals surface area contributed by atoms with E-state index < -0.39 is 59.1 Å². The number of hydrogen-bond donors (Lipinski definition) is 4. The standard InChI is InChI=1S/C23H33FN4O5S/c1-23(2,3)20(22(32)25-15(12-29)13-30)26-21(31)18-16-5-4-6-17(24)19(16)28(27-18)11-14-7-9-34(33)10-8-14/h4-6,14-15,20,29-30H,7-13H2,1-3H3,(H,25,32)(H,26,31). The van der Waals surface area contributed by atoms with E-state index in [1.165, 1.54) is 16.8 Å². The lowest BCUT2D eigenvalue weighted by Gasteiger charge is -2.31. The fourth-order valence-corrected chi connectivity index (χ4v) is 5.47. The van der Waals surface area contributed by atoms with Gasteiger partial charge in [0.15, 0.2) is 5.69 Å². The van der Waals surface area contributed by atoms with E-state index in [1.807, 2.05) is 0 Å². The number of amides is 2. The SMILES string of the molecule is CC(C)(C)C(NC(=O)c1nn(CC2CCS(=O)CC2)c2c(F)cccc12)C(=O)NC(CO)CO. The molecule has 1 fully saturated rings. The number of benzene rings is 1. The van der Waals surface area contributed by atoms with Crippen LogP contribution in [0, 0.1) is 17.2 Å². The first kappa shape index (κ1) is 26.2. The van der Waals surface area contributed by atoms with Gasteiger partial charge in [-0.05, 0) is 30.2 Å². The lowest BCUT2D eigenvalue weighted by Crippen LogP contribution is -2.56. The molecule has 1 atom stereocenters. The Morgan fingerprint density at radius 1 is 1.21 bits per heavy atom. The molecule has 1 aliphatic rings. The molecule has 2 aromatic rings. The molecule has 0 saturated carbocycles. The molecule has 0 radical (unpaired) electrons. The smallest absolute Gasteiger partial charge is 0.273 e. The van der Waals surface area contributed by atoms with E-state index in [-0.39, 0.29) is 17.1 Å². The van der Waals surface area contributed by atoms with Crippen molar-refractivity contribution in [1.29, 1.82) is 0 Å². The molecule has 0 aliphatic carbocycles. The van der Waals surface area contributed by atoms with Gasteiger partial charge in [-0.1, -0.05) is 32.9 Å². The quantitative estimate of drug-likeness (QED) is 0.430. The molecule has 0 spiro atoms. The molecule has 1 unspecified atom stereocenters. The van der Waals surface area contributed by atoms with Crippen molar-refractivity contribution in [2.75, 3.05) is 24.7 Å². The highest BCUT2D eigenvalue weighted by Crippen LogP contribution is 2.26.